The SMILES string of the molecule is CCOc1cc(CN2C[C@H]3CCC[C@@H](C2)C3(O)c2cccnc2)ccc1OC. The van der Waals surface area contributed by atoms with Gasteiger partial charge in [-0.2, -0.15) is 0 Å². The molecule has 5 nitrogen and oxygen atoms in total. The number of pyridine rings is 1. The Morgan fingerprint density at radius 2 is 1.96 bits per heavy atom. The number of rotatable bonds is 6. The number of ether oxygens (including phenoxy) is 2. The first-order valence-corrected chi connectivity index (χ1v) is 10.3. The van der Waals surface area contributed by atoms with Crippen LogP contribution in [0.3, 0.4) is 0 Å². The normalized spacial score (nSPS) is 27.4. The summed E-state index contributed by atoms with van der Waals surface area (Å²) in [7, 11) is 1.67. The number of piperidine rings is 1. The summed E-state index contributed by atoms with van der Waals surface area (Å²) < 4.78 is 11.1. The summed E-state index contributed by atoms with van der Waals surface area (Å²) in [6, 6.07) is 10.1. The highest BCUT2D eigenvalue weighted by Crippen LogP contribution is 2.49. The van der Waals surface area contributed by atoms with Gasteiger partial charge in [0.1, 0.15) is 0 Å². The third-order valence-corrected chi connectivity index (χ3v) is 6.37. The van der Waals surface area contributed by atoms with Gasteiger partial charge < -0.3 is 14.6 Å². The van der Waals surface area contributed by atoms with Crippen molar-refractivity contribution >= 4 is 0 Å². The van der Waals surface area contributed by atoms with Gasteiger partial charge in [-0.1, -0.05) is 18.6 Å². The summed E-state index contributed by atoms with van der Waals surface area (Å²) in [6.45, 7) is 5.26. The van der Waals surface area contributed by atoms with Gasteiger partial charge in [-0.3, -0.25) is 9.88 Å². The fraction of sp³-hybridized carbons (Fsp3) is 0.522. The molecule has 1 aliphatic carbocycles. The first-order valence-electron chi connectivity index (χ1n) is 10.3. The maximum Gasteiger partial charge on any atom is 0.161 e. The van der Waals surface area contributed by atoms with Crippen LogP contribution in [0.15, 0.2) is 42.7 Å². The molecule has 1 saturated heterocycles. The van der Waals surface area contributed by atoms with Crippen LogP contribution >= 0.6 is 0 Å². The van der Waals surface area contributed by atoms with E-state index in [9.17, 15) is 5.11 Å². The Labute approximate surface area is 167 Å². The molecule has 0 radical (unpaired) electrons. The maximum absolute atomic E-state index is 11.7. The van der Waals surface area contributed by atoms with Gasteiger partial charge in [-0.15, -0.1) is 0 Å². The largest absolute Gasteiger partial charge is 0.493 e. The van der Waals surface area contributed by atoms with Crippen LogP contribution in [0.25, 0.3) is 0 Å². The number of aliphatic hydroxyl groups is 1. The van der Waals surface area contributed by atoms with E-state index in [1.54, 1.807) is 13.3 Å². The molecule has 2 aliphatic rings. The molecule has 4 rings (SSSR count). The standard InChI is InChI=1S/C23H30N2O3/c1-3-28-22-12-17(9-10-21(22)27-2)14-25-15-19-6-4-7-20(16-25)23(19,26)18-8-5-11-24-13-18/h5,8-13,19-20,26H,3-4,6-7,14-16H2,1-2H3/t19-,20+,23?. The second kappa shape index (κ2) is 8.10. The van der Waals surface area contributed by atoms with Crippen molar-refractivity contribution in [1.29, 1.82) is 0 Å². The number of hydrogen-bond donors (Lipinski definition) is 1. The minimum Gasteiger partial charge on any atom is -0.493 e. The number of likely N-dealkylation sites (tertiary alicyclic amines) is 1. The van der Waals surface area contributed by atoms with Crippen molar-refractivity contribution in [2.45, 2.75) is 38.3 Å². The Morgan fingerprint density at radius 1 is 1.18 bits per heavy atom. The molecule has 1 N–H and O–H groups in total. The molecule has 2 heterocycles. The van der Waals surface area contributed by atoms with E-state index in [1.165, 1.54) is 12.0 Å². The zero-order valence-electron chi connectivity index (χ0n) is 16.8. The van der Waals surface area contributed by atoms with Crippen molar-refractivity contribution in [1.82, 2.24) is 9.88 Å². The second-order valence-electron chi connectivity index (χ2n) is 8.00. The molecule has 28 heavy (non-hydrogen) atoms. The summed E-state index contributed by atoms with van der Waals surface area (Å²) in [5.74, 6) is 2.06. The van der Waals surface area contributed by atoms with E-state index in [-0.39, 0.29) is 11.8 Å². The predicted molar refractivity (Wildman–Crippen MR) is 108 cm³/mol. The number of aromatic nitrogens is 1. The molecule has 0 spiro atoms. The maximum atomic E-state index is 11.7. The van der Waals surface area contributed by atoms with Gasteiger partial charge in [0, 0.05) is 49.4 Å². The number of benzene rings is 1. The lowest BCUT2D eigenvalue weighted by Gasteiger charge is -2.53. The number of methoxy groups -OCH3 is 1. The molecular formula is C23H30N2O3. The van der Waals surface area contributed by atoms with E-state index in [0.29, 0.717) is 6.61 Å². The molecule has 1 aromatic heterocycles. The number of hydrogen-bond acceptors (Lipinski definition) is 5. The van der Waals surface area contributed by atoms with E-state index < -0.39 is 5.60 Å². The van der Waals surface area contributed by atoms with Gasteiger partial charge in [0.15, 0.2) is 11.5 Å². The Hall–Kier alpha value is -2.11. The molecule has 2 bridgehead atoms. The quantitative estimate of drug-likeness (QED) is 0.827. The molecule has 1 aromatic carbocycles. The minimum atomic E-state index is -0.751. The van der Waals surface area contributed by atoms with Gasteiger partial charge >= 0.3 is 0 Å². The van der Waals surface area contributed by atoms with Crippen molar-refractivity contribution in [2.24, 2.45) is 11.8 Å². The minimum absolute atomic E-state index is 0.244. The average molecular weight is 383 g/mol. The Bertz CT molecular complexity index is 782. The molecule has 1 unspecified atom stereocenters. The van der Waals surface area contributed by atoms with Crippen LogP contribution in [0, 0.1) is 11.8 Å². The Balaban J connectivity index is 1.53. The van der Waals surface area contributed by atoms with Crippen LogP contribution < -0.4 is 9.47 Å². The van der Waals surface area contributed by atoms with Crippen molar-refractivity contribution < 1.29 is 14.6 Å². The smallest absolute Gasteiger partial charge is 0.161 e. The highest BCUT2D eigenvalue weighted by atomic mass is 16.5. The Kier molecular flexibility index (Phi) is 5.56. The molecule has 2 fully saturated rings. The lowest BCUT2D eigenvalue weighted by atomic mass is 9.63. The van der Waals surface area contributed by atoms with Crippen molar-refractivity contribution in [3.8, 4) is 11.5 Å². The highest BCUT2D eigenvalue weighted by molar-refractivity contribution is 5.43. The monoisotopic (exact) mass is 382 g/mol. The topological polar surface area (TPSA) is 54.8 Å². The van der Waals surface area contributed by atoms with Gasteiger partial charge in [0.2, 0.25) is 0 Å². The summed E-state index contributed by atoms with van der Waals surface area (Å²) >= 11 is 0. The van der Waals surface area contributed by atoms with Crippen molar-refractivity contribution in [3.63, 3.8) is 0 Å². The van der Waals surface area contributed by atoms with E-state index in [2.05, 4.69) is 22.0 Å². The fourth-order valence-corrected chi connectivity index (χ4v) is 5.09. The third-order valence-electron chi connectivity index (χ3n) is 6.37. The summed E-state index contributed by atoms with van der Waals surface area (Å²) in [5.41, 5.74) is 1.45. The van der Waals surface area contributed by atoms with Crippen LogP contribution in [0.5, 0.6) is 11.5 Å². The van der Waals surface area contributed by atoms with E-state index >= 15 is 0 Å². The third kappa shape index (κ3) is 3.49. The van der Waals surface area contributed by atoms with Gasteiger partial charge in [-0.25, -0.2) is 0 Å². The molecule has 2 aromatic rings. The molecule has 3 atom stereocenters. The molecule has 5 heteroatoms. The molecule has 150 valence electrons. The molecule has 0 amide bonds. The summed E-state index contributed by atoms with van der Waals surface area (Å²) in [6.07, 6.45) is 6.94. The molecule has 1 saturated carbocycles. The number of fused-ring (bicyclic) bond motifs is 2. The van der Waals surface area contributed by atoms with Gasteiger partial charge in [0.25, 0.3) is 0 Å². The first kappa shape index (κ1) is 19.2. The highest BCUT2D eigenvalue weighted by Gasteiger charge is 2.51. The van der Waals surface area contributed by atoms with E-state index in [4.69, 9.17) is 9.47 Å². The average Bonchev–Trinajstić information content (AvgIpc) is 2.70. The lowest BCUT2D eigenvalue weighted by molar-refractivity contribution is -0.148. The predicted octanol–water partition coefficient (Wildman–Crippen LogP) is 3.61. The summed E-state index contributed by atoms with van der Waals surface area (Å²) in [5, 5.41) is 11.7. The van der Waals surface area contributed by atoms with Crippen molar-refractivity contribution in [2.75, 3.05) is 26.8 Å². The van der Waals surface area contributed by atoms with Crippen LogP contribution in [0.4, 0.5) is 0 Å². The molecule has 1 aliphatic heterocycles. The lowest BCUT2D eigenvalue weighted by Crippen LogP contribution is -2.57. The Morgan fingerprint density at radius 3 is 2.61 bits per heavy atom. The fourth-order valence-electron chi connectivity index (χ4n) is 5.09. The number of nitrogens with zero attached hydrogens (tertiary/aromatic N) is 2. The van der Waals surface area contributed by atoms with Crippen molar-refractivity contribution in [3.05, 3.63) is 53.9 Å². The first-order chi connectivity index (χ1) is 13.6. The van der Waals surface area contributed by atoms with Crippen LogP contribution in [0.1, 0.15) is 37.3 Å². The molecular weight excluding hydrogens is 352 g/mol. The van der Waals surface area contributed by atoms with Crippen LogP contribution in [-0.2, 0) is 12.1 Å². The zero-order valence-corrected chi connectivity index (χ0v) is 16.8. The van der Waals surface area contributed by atoms with Crippen LogP contribution in [-0.4, -0.2) is 41.8 Å². The zero-order chi connectivity index (χ0) is 19.6. The van der Waals surface area contributed by atoms with Gasteiger partial charge in [0.05, 0.1) is 19.3 Å². The van der Waals surface area contributed by atoms with E-state index in [1.807, 2.05) is 31.3 Å². The summed E-state index contributed by atoms with van der Waals surface area (Å²) in [4.78, 5) is 6.75. The van der Waals surface area contributed by atoms with Crippen LogP contribution in [0.2, 0.25) is 0 Å². The van der Waals surface area contributed by atoms with Gasteiger partial charge in [-0.05, 0) is 43.5 Å². The second-order valence-corrected chi connectivity index (χ2v) is 8.00. The van der Waals surface area contributed by atoms with E-state index in [0.717, 1.165) is 49.5 Å².